The maximum Gasteiger partial charge on any atom is 0.117 e. The van der Waals surface area contributed by atoms with Gasteiger partial charge in [0.05, 0.1) is 11.0 Å². The van der Waals surface area contributed by atoms with Crippen molar-refractivity contribution in [3.63, 3.8) is 0 Å². The van der Waals surface area contributed by atoms with Crippen LogP contribution in [0.1, 0.15) is 0 Å². The average molecular weight is 182 g/mol. The Morgan fingerprint density at radius 3 is 3.00 bits per heavy atom. The van der Waals surface area contributed by atoms with Crippen molar-refractivity contribution >= 4 is 16.4 Å². The molecule has 0 saturated carbocycles. The number of aromatic nitrogens is 1. The van der Waals surface area contributed by atoms with E-state index in [0.29, 0.717) is 0 Å². The van der Waals surface area contributed by atoms with Crippen molar-refractivity contribution in [1.29, 1.82) is 0 Å². The van der Waals surface area contributed by atoms with Crippen molar-refractivity contribution in [2.75, 3.05) is 0 Å². The van der Waals surface area contributed by atoms with Gasteiger partial charge in [0.1, 0.15) is 5.75 Å². The molecule has 2 heteroatoms. The van der Waals surface area contributed by atoms with Crippen LogP contribution >= 0.6 is 0 Å². The zero-order chi connectivity index (χ0) is 9.54. The molecule has 14 heavy (non-hydrogen) atoms. The smallest absolute Gasteiger partial charge is 0.117 e. The van der Waals surface area contributed by atoms with Crippen molar-refractivity contribution < 1.29 is 5.11 Å². The molecule has 2 heterocycles. The highest BCUT2D eigenvalue weighted by molar-refractivity contribution is 5.87. The van der Waals surface area contributed by atoms with Crippen LogP contribution in [-0.2, 0) is 0 Å². The minimum Gasteiger partial charge on any atom is -0.508 e. The molecule has 2 aromatic heterocycles. The molecule has 1 radical (unpaired) electrons. The molecule has 2 nitrogen and oxygen atoms in total. The first kappa shape index (κ1) is 7.44. The van der Waals surface area contributed by atoms with Crippen LogP contribution in [-0.4, -0.2) is 9.51 Å². The van der Waals surface area contributed by atoms with Gasteiger partial charge in [-0.2, -0.15) is 0 Å². The van der Waals surface area contributed by atoms with Crippen LogP contribution in [0.4, 0.5) is 0 Å². The fraction of sp³-hybridized carbons (Fsp3) is 0. The molecule has 67 valence electrons. The molecule has 3 aromatic rings. The Labute approximate surface area is 81.0 Å². The Morgan fingerprint density at radius 1 is 1.14 bits per heavy atom. The van der Waals surface area contributed by atoms with Crippen molar-refractivity contribution in [3.8, 4) is 5.75 Å². The highest BCUT2D eigenvalue weighted by atomic mass is 16.3. The van der Waals surface area contributed by atoms with E-state index in [4.69, 9.17) is 0 Å². The topological polar surface area (TPSA) is 24.6 Å². The van der Waals surface area contributed by atoms with Gasteiger partial charge in [-0.05, 0) is 24.3 Å². The van der Waals surface area contributed by atoms with E-state index in [1.807, 2.05) is 34.9 Å². The second-order valence-corrected chi connectivity index (χ2v) is 3.28. The van der Waals surface area contributed by atoms with Crippen LogP contribution in [0.25, 0.3) is 16.4 Å². The third-order valence-electron chi connectivity index (χ3n) is 2.36. The van der Waals surface area contributed by atoms with Gasteiger partial charge in [0.25, 0.3) is 0 Å². The van der Waals surface area contributed by atoms with Crippen molar-refractivity contribution in [2.24, 2.45) is 0 Å². The molecule has 0 unspecified atom stereocenters. The summed E-state index contributed by atoms with van der Waals surface area (Å²) in [4.78, 5) is 0. The highest BCUT2D eigenvalue weighted by Gasteiger charge is 2.02. The number of aromatic hydroxyl groups is 1. The van der Waals surface area contributed by atoms with Crippen LogP contribution in [0, 0.1) is 6.07 Å². The minimum atomic E-state index is 0.287. The first-order valence-electron chi connectivity index (χ1n) is 4.46. The number of phenolic OH excluding ortho intramolecular Hbond substituents is 1. The number of nitrogens with zero attached hydrogens (tertiary/aromatic N) is 1. The summed E-state index contributed by atoms with van der Waals surface area (Å²) in [5.41, 5.74) is 2.01. The standard InChI is InChI=1S/C12H8NO/c14-11-5-4-9-7-10-3-1-2-6-13(10)12(9)8-11/h1-6,8,14H. The summed E-state index contributed by atoms with van der Waals surface area (Å²) in [7, 11) is 0. The summed E-state index contributed by atoms with van der Waals surface area (Å²) in [6, 6.07) is 14.5. The number of pyridine rings is 1. The van der Waals surface area contributed by atoms with Crippen LogP contribution in [0.2, 0.25) is 0 Å². The van der Waals surface area contributed by atoms with Gasteiger partial charge in [0.15, 0.2) is 0 Å². The number of fused-ring (bicyclic) bond motifs is 3. The molecule has 0 saturated heterocycles. The van der Waals surface area contributed by atoms with E-state index in [-0.39, 0.29) is 5.75 Å². The first-order chi connectivity index (χ1) is 6.84. The molecule has 0 amide bonds. The number of benzene rings is 1. The lowest BCUT2D eigenvalue weighted by atomic mass is 10.2. The monoisotopic (exact) mass is 182 g/mol. The second kappa shape index (κ2) is 2.51. The lowest BCUT2D eigenvalue weighted by Crippen LogP contribution is -1.80. The van der Waals surface area contributed by atoms with Crippen molar-refractivity contribution in [2.45, 2.75) is 0 Å². The summed E-state index contributed by atoms with van der Waals surface area (Å²) in [6.07, 6.45) is 1.97. The van der Waals surface area contributed by atoms with Crippen LogP contribution in [0.3, 0.4) is 0 Å². The molecule has 0 spiro atoms. The molecule has 1 N–H and O–H groups in total. The summed E-state index contributed by atoms with van der Waals surface area (Å²) in [5.74, 6) is 0.287. The summed E-state index contributed by atoms with van der Waals surface area (Å²) < 4.78 is 2.01. The van der Waals surface area contributed by atoms with E-state index in [2.05, 4.69) is 6.07 Å². The maximum absolute atomic E-state index is 9.38. The van der Waals surface area contributed by atoms with Gasteiger partial charge < -0.3 is 9.51 Å². The third kappa shape index (κ3) is 0.909. The zero-order valence-corrected chi connectivity index (χ0v) is 7.44. The van der Waals surface area contributed by atoms with Gasteiger partial charge in [0, 0.05) is 23.7 Å². The van der Waals surface area contributed by atoms with Crippen molar-refractivity contribution in [1.82, 2.24) is 4.40 Å². The number of phenols is 1. The predicted molar refractivity (Wildman–Crippen MR) is 55.4 cm³/mol. The molecule has 0 aliphatic rings. The molecular weight excluding hydrogens is 174 g/mol. The highest BCUT2D eigenvalue weighted by Crippen LogP contribution is 2.22. The largest absolute Gasteiger partial charge is 0.508 e. The molecule has 0 fully saturated rings. The second-order valence-electron chi connectivity index (χ2n) is 3.28. The Bertz CT molecular complexity index is 610. The Morgan fingerprint density at radius 2 is 2.07 bits per heavy atom. The molecule has 0 aliphatic heterocycles. The van der Waals surface area contributed by atoms with Crippen LogP contribution in [0.15, 0.2) is 42.6 Å². The van der Waals surface area contributed by atoms with Gasteiger partial charge in [-0.25, -0.2) is 0 Å². The summed E-state index contributed by atoms with van der Waals surface area (Å²) >= 11 is 0. The Hall–Kier alpha value is -1.96. The number of hydrogen-bond donors (Lipinski definition) is 1. The fourth-order valence-electron chi connectivity index (χ4n) is 1.72. The van der Waals surface area contributed by atoms with Crippen LogP contribution < -0.4 is 0 Å². The molecule has 3 rings (SSSR count). The Kier molecular flexibility index (Phi) is 1.34. The van der Waals surface area contributed by atoms with E-state index < -0.39 is 0 Å². The maximum atomic E-state index is 9.38. The summed E-state index contributed by atoms with van der Waals surface area (Å²) in [5, 5.41) is 10.4. The molecular formula is C12H8NO. The molecule has 1 aromatic carbocycles. The van der Waals surface area contributed by atoms with E-state index in [0.717, 1.165) is 16.4 Å². The molecule has 0 aliphatic carbocycles. The van der Waals surface area contributed by atoms with E-state index in [1.165, 1.54) is 0 Å². The lowest BCUT2D eigenvalue weighted by Gasteiger charge is -1.96. The van der Waals surface area contributed by atoms with Gasteiger partial charge >= 0.3 is 0 Å². The average Bonchev–Trinajstić information content (AvgIpc) is 2.56. The lowest BCUT2D eigenvalue weighted by molar-refractivity contribution is 0.476. The zero-order valence-electron chi connectivity index (χ0n) is 7.44. The fourth-order valence-corrected chi connectivity index (χ4v) is 1.72. The van der Waals surface area contributed by atoms with Crippen molar-refractivity contribution in [3.05, 3.63) is 48.7 Å². The number of hydrogen-bond acceptors (Lipinski definition) is 1. The first-order valence-corrected chi connectivity index (χ1v) is 4.46. The van der Waals surface area contributed by atoms with Gasteiger partial charge in [-0.1, -0.05) is 6.07 Å². The SMILES string of the molecule is Oc1ccc2[c]c3ccccn3c2c1. The minimum absolute atomic E-state index is 0.287. The molecule has 0 bridgehead atoms. The quantitative estimate of drug-likeness (QED) is 0.567. The van der Waals surface area contributed by atoms with Gasteiger partial charge in [0.2, 0.25) is 0 Å². The van der Waals surface area contributed by atoms with Crippen LogP contribution in [0.5, 0.6) is 5.75 Å². The summed E-state index contributed by atoms with van der Waals surface area (Å²) in [6.45, 7) is 0. The number of rotatable bonds is 0. The normalized spacial score (nSPS) is 11.1. The predicted octanol–water partition coefficient (Wildman–Crippen LogP) is 2.60. The van der Waals surface area contributed by atoms with E-state index in [1.54, 1.807) is 12.1 Å². The van der Waals surface area contributed by atoms with Gasteiger partial charge in [-0.15, -0.1) is 0 Å². The molecule has 0 atom stereocenters. The van der Waals surface area contributed by atoms with E-state index in [9.17, 15) is 5.11 Å². The Balaban J connectivity index is 2.58. The third-order valence-corrected chi connectivity index (χ3v) is 2.36. The van der Waals surface area contributed by atoms with E-state index >= 15 is 0 Å². The van der Waals surface area contributed by atoms with Gasteiger partial charge in [-0.3, -0.25) is 0 Å².